The number of methoxy groups -OCH3 is 1. The number of likely N-dealkylation sites (tertiary alicyclic amines) is 1. The summed E-state index contributed by atoms with van der Waals surface area (Å²) in [7, 11) is 1.44. The van der Waals surface area contributed by atoms with Gasteiger partial charge >= 0.3 is 0 Å². The van der Waals surface area contributed by atoms with Gasteiger partial charge in [0.2, 0.25) is 0 Å². The van der Waals surface area contributed by atoms with Gasteiger partial charge in [0.25, 0.3) is 11.6 Å². The number of carbonyl (C=O) groups excluding carboxylic acids is 1. The zero-order valence-electron chi connectivity index (χ0n) is 13.9. The summed E-state index contributed by atoms with van der Waals surface area (Å²) >= 11 is 1.71. The number of quaternary nitrogens is 1. The van der Waals surface area contributed by atoms with Crippen molar-refractivity contribution in [1.29, 1.82) is 0 Å². The predicted octanol–water partition coefficient (Wildman–Crippen LogP) is 2.02. The molecule has 0 aliphatic carbocycles. The minimum absolute atomic E-state index is 0.168. The van der Waals surface area contributed by atoms with Crippen LogP contribution in [0, 0.1) is 10.1 Å². The molecule has 1 amide bonds. The van der Waals surface area contributed by atoms with E-state index in [1.165, 1.54) is 29.0 Å². The Labute approximate surface area is 149 Å². The standard InChI is InChI=1S/C17H19N3O4S/c1-24-12-6-7-13(15(10-12)20(22)23)18-17(21)11-19-8-2-4-14(19)16-5-3-9-25-16/h3,5-7,9-10,14H,2,4,8,11H2,1H3,(H,18,21)/p+1/t14-/m1/s1. The van der Waals surface area contributed by atoms with Crippen molar-refractivity contribution in [1.82, 2.24) is 0 Å². The molecule has 1 aliphatic rings. The number of rotatable bonds is 6. The van der Waals surface area contributed by atoms with Crippen LogP contribution in [0.1, 0.15) is 23.8 Å². The molecule has 1 aromatic heterocycles. The van der Waals surface area contributed by atoms with Crippen molar-refractivity contribution >= 4 is 28.6 Å². The molecular formula is C17H20N3O4S+. The molecule has 1 fully saturated rings. The third kappa shape index (κ3) is 3.97. The van der Waals surface area contributed by atoms with E-state index < -0.39 is 4.92 Å². The zero-order valence-corrected chi connectivity index (χ0v) is 14.7. The van der Waals surface area contributed by atoms with Gasteiger partial charge in [-0.15, -0.1) is 11.3 Å². The number of hydrogen-bond donors (Lipinski definition) is 2. The Hall–Kier alpha value is -2.45. The molecule has 0 bridgehead atoms. The maximum absolute atomic E-state index is 12.4. The van der Waals surface area contributed by atoms with E-state index in [1.807, 2.05) is 11.4 Å². The van der Waals surface area contributed by atoms with Crippen molar-refractivity contribution in [3.05, 3.63) is 50.7 Å². The van der Waals surface area contributed by atoms with Crippen LogP contribution in [0.4, 0.5) is 11.4 Å². The summed E-state index contributed by atoms with van der Waals surface area (Å²) in [5.74, 6) is 0.166. The SMILES string of the molecule is COc1ccc(NC(=O)C[NH+]2CCC[C@@H]2c2cccs2)c([N+](=O)[O-])c1. The smallest absolute Gasteiger partial charge is 0.296 e. The minimum Gasteiger partial charge on any atom is -0.496 e. The highest BCUT2D eigenvalue weighted by atomic mass is 32.1. The van der Waals surface area contributed by atoms with E-state index >= 15 is 0 Å². The number of ether oxygens (including phenoxy) is 1. The van der Waals surface area contributed by atoms with Crippen LogP contribution in [0.15, 0.2) is 35.7 Å². The number of nitro groups is 1. The number of amides is 1. The first kappa shape index (κ1) is 17.4. The van der Waals surface area contributed by atoms with Crippen LogP contribution < -0.4 is 15.0 Å². The largest absolute Gasteiger partial charge is 0.496 e. The molecule has 0 radical (unpaired) electrons. The van der Waals surface area contributed by atoms with Gasteiger partial charge in [0.05, 0.1) is 29.5 Å². The second kappa shape index (κ2) is 7.62. The second-order valence-corrected chi connectivity index (χ2v) is 6.96. The number of nitrogens with one attached hydrogen (secondary N) is 2. The topological polar surface area (TPSA) is 85.9 Å². The van der Waals surface area contributed by atoms with Crippen molar-refractivity contribution in [3.8, 4) is 5.75 Å². The van der Waals surface area contributed by atoms with Crippen molar-refractivity contribution in [3.63, 3.8) is 0 Å². The molecule has 7 nitrogen and oxygen atoms in total. The number of hydrogen-bond acceptors (Lipinski definition) is 5. The molecule has 0 saturated carbocycles. The first-order chi connectivity index (χ1) is 12.1. The lowest BCUT2D eigenvalue weighted by Crippen LogP contribution is -3.11. The van der Waals surface area contributed by atoms with Crippen molar-refractivity contribution < 1.29 is 19.4 Å². The lowest BCUT2D eigenvalue weighted by molar-refractivity contribution is -0.910. The molecule has 25 heavy (non-hydrogen) atoms. The molecule has 8 heteroatoms. The van der Waals surface area contributed by atoms with Gasteiger partial charge in [-0.25, -0.2) is 0 Å². The average molecular weight is 362 g/mol. The Morgan fingerprint density at radius 3 is 3.00 bits per heavy atom. The molecule has 2 aromatic rings. The monoisotopic (exact) mass is 362 g/mol. The Morgan fingerprint density at radius 1 is 1.48 bits per heavy atom. The van der Waals surface area contributed by atoms with Gasteiger partial charge in [0, 0.05) is 12.8 Å². The normalized spacial score (nSPS) is 19.6. The number of nitrogens with zero attached hydrogens (tertiary/aromatic N) is 1. The summed E-state index contributed by atoms with van der Waals surface area (Å²) in [6.07, 6.45) is 2.14. The fourth-order valence-corrected chi connectivity index (χ4v) is 4.17. The number of carbonyl (C=O) groups is 1. The Balaban J connectivity index is 1.69. The predicted molar refractivity (Wildman–Crippen MR) is 95.3 cm³/mol. The number of nitro benzene ring substituents is 1. The number of benzene rings is 1. The van der Waals surface area contributed by atoms with Gasteiger partial charge < -0.3 is 15.0 Å². The summed E-state index contributed by atoms with van der Waals surface area (Å²) in [6.45, 7) is 1.23. The zero-order chi connectivity index (χ0) is 17.8. The third-order valence-corrected chi connectivity index (χ3v) is 5.42. The summed E-state index contributed by atoms with van der Waals surface area (Å²) in [5, 5.41) is 15.9. The Bertz CT molecular complexity index is 763. The first-order valence-corrected chi connectivity index (χ1v) is 8.96. The minimum atomic E-state index is -0.519. The molecular weight excluding hydrogens is 342 g/mol. The van der Waals surface area contributed by atoms with Crippen LogP contribution in [0.3, 0.4) is 0 Å². The summed E-state index contributed by atoms with van der Waals surface area (Å²) < 4.78 is 5.01. The quantitative estimate of drug-likeness (QED) is 0.608. The molecule has 1 aliphatic heterocycles. The Kier molecular flexibility index (Phi) is 5.30. The van der Waals surface area contributed by atoms with Crippen molar-refractivity contribution in [2.24, 2.45) is 0 Å². The van der Waals surface area contributed by atoms with Crippen molar-refractivity contribution in [2.75, 3.05) is 25.5 Å². The van der Waals surface area contributed by atoms with Crippen LogP contribution in [0.2, 0.25) is 0 Å². The van der Waals surface area contributed by atoms with E-state index in [2.05, 4.69) is 11.4 Å². The molecule has 2 heterocycles. The van der Waals surface area contributed by atoms with E-state index in [-0.39, 0.29) is 17.3 Å². The van der Waals surface area contributed by atoms with Crippen LogP contribution in [0.5, 0.6) is 5.75 Å². The first-order valence-electron chi connectivity index (χ1n) is 8.08. The van der Waals surface area contributed by atoms with E-state index in [4.69, 9.17) is 4.74 Å². The molecule has 132 valence electrons. The lowest BCUT2D eigenvalue weighted by Gasteiger charge is -2.20. The molecule has 0 spiro atoms. The molecule has 1 unspecified atom stereocenters. The van der Waals surface area contributed by atoms with Gasteiger partial charge in [-0.2, -0.15) is 0 Å². The molecule has 3 rings (SSSR count). The third-order valence-electron chi connectivity index (χ3n) is 4.43. The highest BCUT2D eigenvalue weighted by Gasteiger charge is 2.32. The fraction of sp³-hybridized carbons (Fsp3) is 0.353. The van der Waals surface area contributed by atoms with Gasteiger partial charge in [-0.1, -0.05) is 6.07 Å². The van der Waals surface area contributed by atoms with Crippen LogP contribution in [-0.2, 0) is 4.79 Å². The Morgan fingerprint density at radius 2 is 2.32 bits per heavy atom. The molecule has 2 atom stereocenters. The van der Waals surface area contributed by atoms with E-state index in [0.29, 0.717) is 18.3 Å². The van der Waals surface area contributed by atoms with Gasteiger partial charge in [0.1, 0.15) is 17.5 Å². The van der Waals surface area contributed by atoms with Crippen LogP contribution >= 0.6 is 11.3 Å². The molecule has 1 saturated heterocycles. The van der Waals surface area contributed by atoms with Gasteiger partial charge in [0.15, 0.2) is 6.54 Å². The highest BCUT2D eigenvalue weighted by molar-refractivity contribution is 7.10. The highest BCUT2D eigenvalue weighted by Crippen LogP contribution is 2.29. The maximum Gasteiger partial charge on any atom is 0.296 e. The van der Waals surface area contributed by atoms with Gasteiger partial charge in [-0.05, 0) is 23.6 Å². The van der Waals surface area contributed by atoms with Gasteiger partial charge in [-0.3, -0.25) is 14.9 Å². The maximum atomic E-state index is 12.4. The molecule has 2 N–H and O–H groups in total. The van der Waals surface area contributed by atoms with Crippen LogP contribution in [-0.4, -0.2) is 31.0 Å². The number of thiophene rings is 1. The summed E-state index contributed by atoms with van der Waals surface area (Å²) in [6, 6.07) is 8.87. The van der Waals surface area contributed by atoms with E-state index in [1.54, 1.807) is 17.4 Å². The van der Waals surface area contributed by atoms with E-state index in [0.717, 1.165) is 19.4 Å². The second-order valence-electron chi connectivity index (χ2n) is 5.98. The summed E-state index contributed by atoms with van der Waals surface area (Å²) in [5.41, 5.74) is 0.0287. The van der Waals surface area contributed by atoms with Crippen molar-refractivity contribution in [2.45, 2.75) is 18.9 Å². The van der Waals surface area contributed by atoms with Crippen LogP contribution in [0.25, 0.3) is 0 Å². The lowest BCUT2D eigenvalue weighted by atomic mass is 10.2. The average Bonchev–Trinajstić information content (AvgIpc) is 3.26. The van der Waals surface area contributed by atoms with E-state index in [9.17, 15) is 14.9 Å². The summed E-state index contributed by atoms with van der Waals surface area (Å²) in [4.78, 5) is 25.6. The fourth-order valence-electron chi connectivity index (χ4n) is 3.25. The molecule has 1 aromatic carbocycles. The number of anilines is 1.